The van der Waals surface area contributed by atoms with Gasteiger partial charge in [0.2, 0.25) is 0 Å². The van der Waals surface area contributed by atoms with Gasteiger partial charge >= 0.3 is 0 Å². The number of aromatic nitrogens is 5. The Bertz CT molecular complexity index is 958. The van der Waals surface area contributed by atoms with E-state index in [0.717, 1.165) is 80.9 Å². The fourth-order valence-corrected chi connectivity index (χ4v) is 4.86. The number of fused-ring (bicyclic) bond motifs is 1. The van der Waals surface area contributed by atoms with Gasteiger partial charge in [-0.2, -0.15) is 9.61 Å². The highest BCUT2D eigenvalue weighted by Gasteiger charge is 2.33. The average molecular weight is 393 g/mol. The van der Waals surface area contributed by atoms with Crippen LogP contribution in [0, 0.1) is 0 Å². The second-order valence-electron chi connectivity index (χ2n) is 8.62. The quantitative estimate of drug-likeness (QED) is 0.735. The molecule has 5 rings (SSSR count). The third-order valence-electron chi connectivity index (χ3n) is 6.50. The molecule has 0 aromatic carbocycles. The molecule has 1 saturated carbocycles. The molecule has 1 N–H and O–H groups in total. The molecule has 7 heteroatoms. The third-order valence-corrected chi connectivity index (χ3v) is 6.50. The first-order valence-electron chi connectivity index (χ1n) is 10.8. The van der Waals surface area contributed by atoms with Gasteiger partial charge in [-0.15, -0.1) is 10.2 Å². The molecule has 0 amide bonds. The molecule has 0 bridgehead atoms. The van der Waals surface area contributed by atoms with Crippen LogP contribution in [-0.2, 0) is 0 Å². The molecule has 0 radical (unpaired) electrons. The molecular weight excluding hydrogens is 364 g/mol. The van der Waals surface area contributed by atoms with Crippen molar-refractivity contribution in [3.05, 3.63) is 42.5 Å². The minimum atomic E-state index is -0.479. The zero-order valence-corrected chi connectivity index (χ0v) is 16.7. The highest BCUT2D eigenvalue weighted by Crippen LogP contribution is 2.32. The fraction of sp³-hybridized carbons (Fsp3) is 0.545. The van der Waals surface area contributed by atoms with Crippen molar-refractivity contribution in [1.82, 2.24) is 29.7 Å². The van der Waals surface area contributed by atoms with Gasteiger partial charge in [-0.3, -0.25) is 4.98 Å². The molecule has 2 aliphatic rings. The maximum absolute atomic E-state index is 10.9. The lowest BCUT2D eigenvalue weighted by Gasteiger charge is -2.39. The van der Waals surface area contributed by atoms with Crippen molar-refractivity contribution in [2.45, 2.75) is 56.5 Å². The van der Waals surface area contributed by atoms with Gasteiger partial charge in [-0.25, -0.2) is 0 Å². The molecule has 0 spiro atoms. The van der Waals surface area contributed by atoms with E-state index in [0.29, 0.717) is 5.92 Å². The molecule has 152 valence electrons. The van der Waals surface area contributed by atoms with Crippen LogP contribution in [0.2, 0.25) is 0 Å². The Morgan fingerprint density at radius 1 is 1.03 bits per heavy atom. The molecule has 1 saturated heterocycles. The van der Waals surface area contributed by atoms with E-state index >= 15 is 0 Å². The summed E-state index contributed by atoms with van der Waals surface area (Å²) in [6, 6.07) is 7.88. The maximum atomic E-state index is 10.9. The lowest BCUT2D eigenvalue weighted by atomic mass is 9.84. The van der Waals surface area contributed by atoms with Gasteiger partial charge in [-0.05, 0) is 63.0 Å². The summed E-state index contributed by atoms with van der Waals surface area (Å²) in [6.45, 7) is 2.79. The summed E-state index contributed by atoms with van der Waals surface area (Å²) in [7, 11) is 0. The van der Waals surface area contributed by atoms with Crippen LogP contribution in [-0.4, -0.2) is 60.0 Å². The van der Waals surface area contributed by atoms with Gasteiger partial charge in [0.15, 0.2) is 11.5 Å². The summed E-state index contributed by atoms with van der Waals surface area (Å²) < 4.78 is 1.90. The van der Waals surface area contributed by atoms with E-state index in [9.17, 15) is 5.11 Å². The van der Waals surface area contributed by atoms with Gasteiger partial charge in [0.25, 0.3) is 0 Å². The topological polar surface area (TPSA) is 79.4 Å². The molecule has 3 aromatic heterocycles. The van der Waals surface area contributed by atoms with E-state index in [1.54, 1.807) is 6.20 Å². The number of nitrogens with zero attached hydrogens (tertiary/aromatic N) is 6. The van der Waals surface area contributed by atoms with Crippen LogP contribution in [0.15, 0.2) is 36.7 Å². The van der Waals surface area contributed by atoms with Crippen LogP contribution in [0.5, 0.6) is 0 Å². The Kier molecular flexibility index (Phi) is 5.01. The second kappa shape index (κ2) is 7.80. The lowest BCUT2D eigenvalue weighted by molar-refractivity contribution is -0.0309. The summed E-state index contributed by atoms with van der Waals surface area (Å²) in [5.41, 5.74) is 2.17. The molecule has 0 atom stereocenters. The molecule has 1 aliphatic heterocycles. The Morgan fingerprint density at radius 3 is 2.62 bits per heavy atom. The van der Waals surface area contributed by atoms with Crippen LogP contribution in [0.1, 0.15) is 56.7 Å². The van der Waals surface area contributed by atoms with Crippen molar-refractivity contribution in [1.29, 1.82) is 0 Å². The second-order valence-corrected chi connectivity index (χ2v) is 8.62. The van der Waals surface area contributed by atoms with Gasteiger partial charge < -0.3 is 10.0 Å². The summed E-state index contributed by atoms with van der Waals surface area (Å²) in [5, 5.41) is 24.5. The van der Waals surface area contributed by atoms with Crippen LogP contribution < -0.4 is 0 Å². The fourth-order valence-electron chi connectivity index (χ4n) is 4.86. The van der Waals surface area contributed by atoms with Crippen molar-refractivity contribution >= 4 is 5.65 Å². The van der Waals surface area contributed by atoms with Gasteiger partial charge in [0.1, 0.15) is 0 Å². The summed E-state index contributed by atoms with van der Waals surface area (Å²) >= 11 is 0. The Balaban J connectivity index is 1.30. The smallest absolute Gasteiger partial charge is 0.177 e. The number of hydrogen-bond donors (Lipinski definition) is 1. The zero-order valence-electron chi connectivity index (χ0n) is 16.7. The molecule has 7 nitrogen and oxygen atoms in total. The first-order chi connectivity index (χ1) is 14.2. The highest BCUT2D eigenvalue weighted by molar-refractivity contribution is 5.58. The molecular formula is C22H28N6O. The number of likely N-dealkylation sites (tertiary alicyclic amines) is 1. The average Bonchev–Trinajstić information content (AvgIpc) is 3.18. The minimum absolute atomic E-state index is 0.346. The molecule has 0 unspecified atom stereocenters. The van der Waals surface area contributed by atoms with Crippen LogP contribution >= 0.6 is 0 Å². The van der Waals surface area contributed by atoms with Crippen molar-refractivity contribution in [3.63, 3.8) is 0 Å². The summed E-state index contributed by atoms with van der Waals surface area (Å²) in [4.78, 5) is 6.63. The van der Waals surface area contributed by atoms with Crippen LogP contribution in [0.3, 0.4) is 0 Å². The standard InChI is InChI=1S/C22H28N6O/c29-22(10-2-1-3-11-22)16-27-13-8-17(9-14-27)21-25-24-20-7-6-19(26-28(20)21)18-5-4-12-23-15-18/h4-7,12,15,17,29H,1-3,8-11,13-14,16H2. The first kappa shape index (κ1) is 18.6. The van der Waals surface area contributed by atoms with E-state index in [4.69, 9.17) is 5.10 Å². The predicted octanol–water partition coefficient (Wildman–Crippen LogP) is 3.06. The number of rotatable bonds is 4. The van der Waals surface area contributed by atoms with Crippen molar-refractivity contribution < 1.29 is 5.11 Å². The summed E-state index contributed by atoms with van der Waals surface area (Å²) in [5.74, 6) is 1.29. The molecule has 1 aliphatic carbocycles. The van der Waals surface area contributed by atoms with Crippen molar-refractivity contribution in [2.75, 3.05) is 19.6 Å². The Hall–Kier alpha value is -2.38. The molecule has 2 fully saturated rings. The van der Waals surface area contributed by atoms with E-state index in [2.05, 4.69) is 20.1 Å². The highest BCUT2D eigenvalue weighted by atomic mass is 16.3. The van der Waals surface area contributed by atoms with E-state index < -0.39 is 5.60 Å². The molecule has 4 heterocycles. The lowest BCUT2D eigenvalue weighted by Crippen LogP contribution is -2.47. The number of aliphatic hydroxyl groups is 1. The van der Waals surface area contributed by atoms with Crippen LogP contribution in [0.25, 0.3) is 16.9 Å². The number of piperidine rings is 1. The van der Waals surface area contributed by atoms with E-state index in [1.165, 1.54) is 6.42 Å². The normalized spacial score (nSPS) is 20.9. The first-order valence-corrected chi connectivity index (χ1v) is 10.8. The van der Waals surface area contributed by atoms with E-state index in [1.807, 2.05) is 35.0 Å². The van der Waals surface area contributed by atoms with Crippen molar-refractivity contribution in [2.24, 2.45) is 0 Å². The van der Waals surface area contributed by atoms with Crippen LogP contribution in [0.4, 0.5) is 0 Å². The van der Waals surface area contributed by atoms with Gasteiger partial charge in [0, 0.05) is 30.4 Å². The SMILES string of the molecule is OC1(CN2CCC(c3nnc4ccc(-c5cccnc5)nn34)CC2)CCCCC1. The molecule has 29 heavy (non-hydrogen) atoms. The maximum Gasteiger partial charge on any atom is 0.177 e. The van der Waals surface area contributed by atoms with E-state index in [-0.39, 0.29) is 0 Å². The van der Waals surface area contributed by atoms with Gasteiger partial charge in [0.05, 0.1) is 11.3 Å². The van der Waals surface area contributed by atoms with Gasteiger partial charge in [-0.1, -0.05) is 19.3 Å². The Labute approximate surface area is 170 Å². The number of hydrogen-bond acceptors (Lipinski definition) is 6. The summed E-state index contributed by atoms with van der Waals surface area (Å²) in [6.07, 6.45) is 11.1. The van der Waals surface area contributed by atoms with Crippen molar-refractivity contribution in [3.8, 4) is 11.3 Å². The Morgan fingerprint density at radius 2 is 1.86 bits per heavy atom. The number of β-amino-alcohol motifs (C(OH)–C–C–N with tert-alkyl or cyclic N) is 1. The number of pyridine rings is 1. The largest absolute Gasteiger partial charge is 0.389 e. The minimum Gasteiger partial charge on any atom is -0.389 e. The predicted molar refractivity (Wildman–Crippen MR) is 110 cm³/mol. The molecule has 3 aromatic rings. The third kappa shape index (κ3) is 3.89. The zero-order chi connectivity index (χ0) is 19.7. The monoisotopic (exact) mass is 392 g/mol.